The molecule has 104 valence electrons. The van der Waals surface area contributed by atoms with E-state index in [1.54, 1.807) is 0 Å². The van der Waals surface area contributed by atoms with E-state index >= 15 is 0 Å². The van der Waals surface area contributed by atoms with Crippen molar-refractivity contribution in [2.45, 2.75) is 26.7 Å². The summed E-state index contributed by atoms with van der Waals surface area (Å²) in [5.74, 6) is -0.320. The summed E-state index contributed by atoms with van der Waals surface area (Å²) >= 11 is 0. The number of anilines is 1. The molecule has 1 aliphatic rings. The minimum absolute atomic E-state index is 0.320. The third-order valence-electron chi connectivity index (χ3n) is 3.68. The minimum Gasteiger partial charge on any atom is -0.369 e. The van der Waals surface area contributed by atoms with E-state index < -0.39 is 0 Å². The Kier molecular flexibility index (Phi) is 4.43. The number of hydrogen-bond acceptors (Lipinski definition) is 3. The van der Waals surface area contributed by atoms with Crippen molar-refractivity contribution in [1.29, 1.82) is 0 Å². The van der Waals surface area contributed by atoms with Crippen molar-refractivity contribution in [1.82, 2.24) is 5.32 Å². The first kappa shape index (κ1) is 13.9. The van der Waals surface area contributed by atoms with E-state index in [0.717, 1.165) is 44.6 Å². The number of carbonyl (C=O) groups is 1. The second kappa shape index (κ2) is 6.06. The number of amides is 1. The lowest BCUT2D eigenvalue weighted by atomic mass is 9.96. The highest BCUT2D eigenvalue weighted by molar-refractivity contribution is 5.96. The predicted molar refractivity (Wildman–Crippen MR) is 78.8 cm³/mol. The molecule has 4 nitrogen and oxygen atoms in total. The Labute approximate surface area is 115 Å². The fourth-order valence-corrected chi connectivity index (χ4v) is 2.82. The van der Waals surface area contributed by atoms with Crippen LogP contribution in [-0.4, -0.2) is 32.1 Å². The number of rotatable bonds is 4. The Hall–Kier alpha value is -1.55. The fraction of sp³-hybridized carbons (Fsp3) is 0.533. The van der Waals surface area contributed by atoms with E-state index in [4.69, 9.17) is 5.73 Å². The number of piperazine rings is 1. The van der Waals surface area contributed by atoms with Gasteiger partial charge in [0.05, 0.1) is 0 Å². The third-order valence-corrected chi connectivity index (χ3v) is 3.68. The summed E-state index contributed by atoms with van der Waals surface area (Å²) < 4.78 is 0. The molecule has 1 aromatic carbocycles. The summed E-state index contributed by atoms with van der Waals surface area (Å²) in [7, 11) is 0. The molecule has 2 rings (SSSR count). The lowest BCUT2D eigenvalue weighted by Gasteiger charge is -2.33. The molecule has 19 heavy (non-hydrogen) atoms. The maximum atomic E-state index is 11.6. The molecule has 0 saturated carbocycles. The van der Waals surface area contributed by atoms with Crippen LogP contribution >= 0.6 is 0 Å². The van der Waals surface area contributed by atoms with Crippen LogP contribution in [0.25, 0.3) is 0 Å². The quantitative estimate of drug-likeness (QED) is 0.862. The van der Waals surface area contributed by atoms with Crippen molar-refractivity contribution in [3.05, 3.63) is 28.8 Å². The number of hydrogen-bond donors (Lipinski definition) is 2. The number of aryl methyl sites for hydroxylation is 1. The Morgan fingerprint density at radius 2 is 2.05 bits per heavy atom. The van der Waals surface area contributed by atoms with Crippen molar-refractivity contribution in [3.63, 3.8) is 0 Å². The van der Waals surface area contributed by atoms with Gasteiger partial charge < -0.3 is 16.0 Å². The highest BCUT2D eigenvalue weighted by atomic mass is 16.1. The van der Waals surface area contributed by atoms with E-state index in [1.807, 2.05) is 12.1 Å². The van der Waals surface area contributed by atoms with Crippen molar-refractivity contribution in [2.24, 2.45) is 5.73 Å². The minimum atomic E-state index is -0.320. The van der Waals surface area contributed by atoms with E-state index in [0.29, 0.717) is 5.56 Å². The molecule has 1 heterocycles. The summed E-state index contributed by atoms with van der Waals surface area (Å²) in [5, 5.41) is 3.36. The van der Waals surface area contributed by atoms with Gasteiger partial charge in [-0.25, -0.2) is 0 Å². The zero-order chi connectivity index (χ0) is 13.8. The number of carbonyl (C=O) groups excluding carboxylic acids is 1. The molecule has 0 atom stereocenters. The van der Waals surface area contributed by atoms with Crippen LogP contribution in [-0.2, 0) is 6.42 Å². The topological polar surface area (TPSA) is 58.4 Å². The van der Waals surface area contributed by atoms with Crippen LogP contribution in [0.4, 0.5) is 5.69 Å². The fourth-order valence-electron chi connectivity index (χ4n) is 2.82. The van der Waals surface area contributed by atoms with Crippen LogP contribution < -0.4 is 16.0 Å². The third kappa shape index (κ3) is 2.89. The van der Waals surface area contributed by atoms with E-state index in [9.17, 15) is 4.79 Å². The first-order chi connectivity index (χ1) is 9.15. The van der Waals surface area contributed by atoms with Crippen LogP contribution in [0.5, 0.6) is 0 Å². The molecule has 4 heteroatoms. The van der Waals surface area contributed by atoms with Gasteiger partial charge in [-0.2, -0.15) is 0 Å². The molecule has 1 aliphatic heterocycles. The highest BCUT2D eigenvalue weighted by Crippen LogP contribution is 2.29. The Bertz CT molecular complexity index is 465. The summed E-state index contributed by atoms with van der Waals surface area (Å²) in [6, 6.07) is 3.88. The molecule has 0 bridgehead atoms. The van der Waals surface area contributed by atoms with Crippen molar-refractivity contribution in [2.75, 3.05) is 31.1 Å². The van der Waals surface area contributed by atoms with Crippen LogP contribution in [0.15, 0.2) is 12.1 Å². The number of benzene rings is 1. The van der Waals surface area contributed by atoms with Gasteiger partial charge in [0, 0.05) is 37.4 Å². The highest BCUT2D eigenvalue weighted by Gasteiger charge is 2.20. The SMILES string of the molecule is CCCc1c(C(N)=O)ccc(C)c1N1CCNCC1. The Morgan fingerprint density at radius 1 is 1.37 bits per heavy atom. The first-order valence-corrected chi connectivity index (χ1v) is 7.03. The molecule has 0 spiro atoms. The molecule has 0 aromatic heterocycles. The summed E-state index contributed by atoms with van der Waals surface area (Å²) in [4.78, 5) is 14.0. The van der Waals surface area contributed by atoms with Gasteiger partial charge in [-0.15, -0.1) is 0 Å². The molecule has 0 aliphatic carbocycles. The molecule has 1 amide bonds. The standard InChI is InChI=1S/C15H23N3O/c1-3-4-12-13(15(16)19)6-5-11(2)14(12)18-9-7-17-8-10-18/h5-6,17H,3-4,7-10H2,1-2H3,(H2,16,19). The normalized spacial score (nSPS) is 15.6. The first-order valence-electron chi connectivity index (χ1n) is 7.03. The average molecular weight is 261 g/mol. The zero-order valence-electron chi connectivity index (χ0n) is 11.8. The molecular weight excluding hydrogens is 238 g/mol. The molecule has 0 unspecified atom stereocenters. The average Bonchev–Trinajstić information content (AvgIpc) is 2.40. The van der Waals surface area contributed by atoms with E-state index in [1.165, 1.54) is 11.3 Å². The lowest BCUT2D eigenvalue weighted by Crippen LogP contribution is -2.44. The molecule has 1 saturated heterocycles. The second-order valence-electron chi connectivity index (χ2n) is 5.11. The monoisotopic (exact) mass is 261 g/mol. The molecule has 1 fully saturated rings. The van der Waals surface area contributed by atoms with Gasteiger partial charge in [0.25, 0.3) is 0 Å². The molecule has 3 N–H and O–H groups in total. The summed E-state index contributed by atoms with van der Waals surface area (Å²) in [6.07, 6.45) is 1.92. The second-order valence-corrected chi connectivity index (χ2v) is 5.11. The Balaban J connectivity index is 2.48. The number of nitrogens with zero attached hydrogens (tertiary/aromatic N) is 1. The van der Waals surface area contributed by atoms with Gasteiger partial charge in [0.1, 0.15) is 0 Å². The largest absolute Gasteiger partial charge is 0.369 e. The van der Waals surface area contributed by atoms with E-state index in [2.05, 4.69) is 24.1 Å². The van der Waals surface area contributed by atoms with Gasteiger partial charge in [-0.3, -0.25) is 4.79 Å². The maximum absolute atomic E-state index is 11.6. The Morgan fingerprint density at radius 3 is 2.63 bits per heavy atom. The van der Waals surface area contributed by atoms with Gasteiger partial charge >= 0.3 is 0 Å². The van der Waals surface area contributed by atoms with Crippen LogP contribution in [0, 0.1) is 6.92 Å². The van der Waals surface area contributed by atoms with Crippen molar-refractivity contribution in [3.8, 4) is 0 Å². The van der Waals surface area contributed by atoms with E-state index in [-0.39, 0.29) is 5.91 Å². The lowest BCUT2D eigenvalue weighted by molar-refractivity contribution is 0.0999. The zero-order valence-corrected chi connectivity index (χ0v) is 11.8. The summed E-state index contributed by atoms with van der Waals surface area (Å²) in [5.41, 5.74) is 9.78. The smallest absolute Gasteiger partial charge is 0.249 e. The van der Waals surface area contributed by atoms with Crippen molar-refractivity contribution < 1.29 is 4.79 Å². The predicted octanol–water partition coefficient (Wildman–Crippen LogP) is 1.46. The van der Waals surface area contributed by atoms with Crippen LogP contribution in [0.2, 0.25) is 0 Å². The van der Waals surface area contributed by atoms with Gasteiger partial charge in [0.2, 0.25) is 5.91 Å². The summed E-state index contributed by atoms with van der Waals surface area (Å²) in [6.45, 7) is 8.20. The number of nitrogens with two attached hydrogens (primary N) is 1. The maximum Gasteiger partial charge on any atom is 0.249 e. The molecule has 0 radical (unpaired) electrons. The van der Waals surface area contributed by atoms with Crippen molar-refractivity contribution >= 4 is 11.6 Å². The number of primary amides is 1. The number of nitrogens with one attached hydrogen (secondary N) is 1. The van der Waals surface area contributed by atoms with Gasteiger partial charge in [-0.05, 0) is 30.5 Å². The van der Waals surface area contributed by atoms with Gasteiger partial charge in [-0.1, -0.05) is 19.4 Å². The van der Waals surface area contributed by atoms with Crippen LogP contribution in [0.3, 0.4) is 0 Å². The molecular formula is C15H23N3O. The molecule has 1 aromatic rings. The van der Waals surface area contributed by atoms with Crippen LogP contribution in [0.1, 0.15) is 34.8 Å². The van der Waals surface area contributed by atoms with Gasteiger partial charge in [0.15, 0.2) is 0 Å².